The first-order chi connectivity index (χ1) is 8.18. The summed E-state index contributed by atoms with van der Waals surface area (Å²) in [5.41, 5.74) is 4.79. The highest BCUT2D eigenvalue weighted by Gasteiger charge is 2.21. The summed E-state index contributed by atoms with van der Waals surface area (Å²) in [7, 11) is -4.20. The fraction of sp³-hybridized carbons (Fsp3) is 0.400. The molecule has 18 heavy (non-hydrogen) atoms. The summed E-state index contributed by atoms with van der Waals surface area (Å²) in [5.74, 6) is -1.37. The van der Waals surface area contributed by atoms with Crippen molar-refractivity contribution in [1.82, 2.24) is 5.32 Å². The van der Waals surface area contributed by atoms with Crippen LogP contribution in [0.5, 0.6) is 0 Å². The van der Waals surface area contributed by atoms with Crippen LogP contribution >= 0.6 is 0 Å². The Labute approximate surface area is 105 Å². The van der Waals surface area contributed by atoms with Crippen LogP contribution in [0.25, 0.3) is 0 Å². The fourth-order valence-electron chi connectivity index (χ4n) is 1.04. The van der Waals surface area contributed by atoms with E-state index >= 15 is 0 Å². The number of nitrogens with one attached hydrogen (secondary N) is 1. The lowest BCUT2D eigenvalue weighted by Crippen LogP contribution is -2.36. The molecule has 0 aromatic rings. The minimum absolute atomic E-state index is 0.0426. The van der Waals surface area contributed by atoms with Gasteiger partial charge in [0.25, 0.3) is 16.0 Å². The lowest BCUT2D eigenvalue weighted by molar-refractivity contribution is -0.117. The molecule has 0 radical (unpaired) electrons. The van der Waals surface area contributed by atoms with Crippen LogP contribution in [-0.2, 0) is 19.7 Å². The van der Waals surface area contributed by atoms with E-state index in [1.165, 1.54) is 0 Å². The van der Waals surface area contributed by atoms with Gasteiger partial charge in [-0.05, 0) is 12.5 Å². The number of rotatable bonds is 7. The van der Waals surface area contributed by atoms with Crippen molar-refractivity contribution in [1.29, 1.82) is 0 Å². The molecule has 8 heteroatoms. The molecule has 0 bridgehead atoms. The van der Waals surface area contributed by atoms with Crippen molar-refractivity contribution in [3.63, 3.8) is 0 Å². The molecule has 0 saturated carbocycles. The quantitative estimate of drug-likeness (QED) is 0.324. The summed E-state index contributed by atoms with van der Waals surface area (Å²) in [6.07, 6.45) is 2.23. The van der Waals surface area contributed by atoms with Crippen LogP contribution in [0.3, 0.4) is 0 Å². The van der Waals surface area contributed by atoms with E-state index in [0.29, 0.717) is 0 Å². The summed E-state index contributed by atoms with van der Waals surface area (Å²) in [6.45, 7) is 4.70. The zero-order chi connectivity index (χ0) is 14.3. The van der Waals surface area contributed by atoms with Crippen molar-refractivity contribution >= 4 is 21.9 Å². The molecule has 0 aromatic carbocycles. The number of hydrogen-bond donors (Lipinski definition) is 3. The van der Waals surface area contributed by atoms with Crippen molar-refractivity contribution in [3.8, 4) is 0 Å². The Balaban J connectivity index is 4.42. The van der Waals surface area contributed by atoms with Gasteiger partial charge in [0.15, 0.2) is 0 Å². The largest absolute Gasteiger partial charge is 0.366 e. The highest BCUT2D eigenvalue weighted by molar-refractivity contribution is 7.86. The number of nitrogens with two attached hydrogens (primary N) is 1. The molecule has 7 nitrogen and oxygen atoms in total. The fourth-order valence-corrected chi connectivity index (χ4v) is 1.75. The zero-order valence-corrected chi connectivity index (χ0v) is 10.7. The molecule has 0 spiro atoms. The average molecular weight is 276 g/mol. The maximum absolute atomic E-state index is 11.4. The molecular weight excluding hydrogens is 260 g/mol. The van der Waals surface area contributed by atoms with E-state index in [1.807, 2.05) is 0 Å². The van der Waals surface area contributed by atoms with Gasteiger partial charge in [0.2, 0.25) is 5.91 Å². The topological polar surface area (TPSA) is 127 Å². The second-order valence-electron chi connectivity index (χ2n) is 3.52. The molecular formula is C10H16N2O5S. The molecule has 0 saturated heterocycles. The van der Waals surface area contributed by atoms with Crippen molar-refractivity contribution in [2.24, 2.45) is 5.73 Å². The van der Waals surface area contributed by atoms with Gasteiger partial charge in [-0.1, -0.05) is 13.5 Å². The third-order valence-electron chi connectivity index (χ3n) is 2.11. The Bertz CT molecular complexity index is 467. The van der Waals surface area contributed by atoms with Crippen LogP contribution in [0, 0.1) is 0 Å². The SMILES string of the molecule is C=C(C=CC(N)=O)C(=O)NCC(CC)S(=O)(=O)O. The van der Waals surface area contributed by atoms with E-state index in [1.54, 1.807) is 6.92 Å². The molecule has 0 aliphatic carbocycles. The molecule has 0 aromatic heterocycles. The average Bonchev–Trinajstić information content (AvgIpc) is 2.24. The lowest BCUT2D eigenvalue weighted by Gasteiger charge is -2.12. The van der Waals surface area contributed by atoms with E-state index in [4.69, 9.17) is 10.3 Å². The number of carbonyl (C=O) groups excluding carboxylic acids is 2. The summed E-state index contributed by atoms with van der Waals surface area (Å²) in [5, 5.41) is 1.21. The van der Waals surface area contributed by atoms with Gasteiger partial charge >= 0.3 is 0 Å². The van der Waals surface area contributed by atoms with Gasteiger partial charge in [-0.25, -0.2) is 0 Å². The van der Waals surface area contributed by atoms with Crippen LogP contribution in [0.1, 0.15) is 13.3 Å². The minimum atomic E-state index is -4.20. The maximum atomic E-state index is 11.4. The molecule has 0 aliphatic rings. The highest BCUT2D eigenvalue weighted by atomic mass is 32.2. The number of primary amides is 1. The van der Waals surface area contributed by atoms with Gasteiger partial charge < -0.3 is 11.1 Å². The Hall–Kier alpha value is -1.67. The molecule has 102 valence electrons. The van der Waals surface area contributed by atoms with Crippen molar-refractivity contribution in [2.45, 2.75) is 18.6 Å². The predicted molar refractivity (Wildman–Crippen MR) is 66.1 cm³/mol. The van der Waals surface area contributed by atoms with Gasteiger partial charge in [0, 0.05) is 18.2 Å². The van der Waals surface area contributed by atoms with Crippen molar-refractivity contribution < 1.29 is 22.6 Å². The lowest BCUT2D eigenvalue weighted by atomic mass is 10.2. The van der Waals surface area contributed by atoms with Gasteiger partial charge in [-0.15, -0.1) is 0 Å². The summed E-state index contributed by atoms with van der Waals surface area (Å²) < 4.78 is 30.6. The van der Waals surface area contributed by atoms with E-state index in [-0.39, 0.29) is 18.5 Å². The third-order valence-corrected chi connectivity index (χ3v) is 3.45. The summed E-state index contributed by atoms with van der Waals surface area (Å²) in [4.78, 5) is 21.8. The number of amides is 2. The van der Waals surface area contributed by atoms with Crippen LogP contribution in [0.4, 0.5) is 0 Å². The standard InChI is InChI=1S/C10H16N2O5S/c1-3-8(18(15,16)17)6-12-10(14)7(2)4-5-9(11)13/h4-5,8H,2-3,6H2,1H3,(H2,11,13)(H,12,14)(H,15,16,17). The van der Waals surface area contributed by atoms with E-state index in [9.17, 15) is 18.0 Å². The summed E-state index contributed by atoms with van der Waals surface area (Å²) >= 11 is 0. The Morgan fingerprint density at radius 1 is 1.44 bits per heavy atom. The molecule has 0 rings (SSSR count). The van der Waals surface area contributed by atoms with Gasteiger partial charge in [0.05, 0.1) is 0 Å². The molecule has 2 amide bonds. The van der Waals surface area contributed by atoms with Crippen LogP contribution in [0.2, 0.25) is 0 Å². The molecule has 0 heterocycles. The van der Waals surface area contributed by atoms with E-state index in [2.05, 4.69) is 11.9 Å². The Kier molecular flexibility index (Phi) is 6.28. The highest BCUT2D eigenvalue weighted by Crippen LogP contribution is 2.03. The molecule has 1 unspecified atom stereocenters. The molecule has 0 aliphatic heterocycles. The first-order valence-corrected chi connectivity index (χ1v) is 6.59. The Morgan fingerprint density at radius 2 is 2.00 bits per heavy atom. The minimum Gasteiger partial charge on any atom is -0.366 e. The smallest absolute Gasteiger partial charge is 0.269 e. The second-order valence-corrected chi connectivity index (χ2v) is 5.21. The van der Waals surface area contributed by atoms with Gasteiger partial charge in [-0.2, -0.15) is 8.42 Å². The van der Waals surface area contributed by atoms with Gasteiger partial charge in [0.1, 0.15) is 5.25 Å². The summed E-state index contributed by atoms with van der Waals surface area (Å²) in [6, 6.07) is 0. The van der Waals surface area contributed by atoms with Crippen LogP contribution in [0.15, 0.2) is 24.3 Å². The van der Waals surface area contributed by atoms with Crippen LogP contribution < -0.4 is 11.1 Å². The number of hydrogen-bond acceptors (Lipinski definition) is 4. The maximum Gasteiger partial charge on any atom is 0.269 e. The first kappa shape index (κ1) is 16.3. The van der Waals surface area contributed by atoms with E-state index in [0.717, 1.165) is 12.2 Å². The first-order valence-electron chi connectivity index (χ1n) is 5.09. The number of carbonyl (C=O) groups is 2. The van der Waals surface area contributed by atoms with Gasteiger partial charge in [-0.3, -0.25) is 14.1 Å². The Morgan fingerprint density at radius 3 is 2.39 bits per heavy atom. The molecule has 0 fully saturated rings. The second kappa shape index (κ2) is 6.92. The monoisotopic (exact) mass is 276 g/mol. The van der Waals surface area contributed by atoms with Crippen LogP contribution in [-0.4, -0.2) is 36.6 Å². The molecule has 4 N–H and O–H groups in total. The zero-order valence-electron chi connectivity index (χ0n) is 9.92. The van der Waals surface area contributed by atoms with Crippen molar-refractivity contribution in [3.05, 3.63) is 24.3 Å². The van der Waals surface area contributed by atoms with Crippen molar-refractivity contribution in [2.75, 3.05) is 6.54 Å². The predicted octanol–water partition coefficient (Wildman–Crippen LogP) is -0.633. The third kappa shape index (κ3) is 6.16. The molecule has 1 atom stereocenters. The normalized spacial score (nSPS) is 13.2. The van der Waals surface area contributed by atoms with E-state index < -0.39 is 27.2 Å².